The second-order valence-corrected chi connectivity index (χ2v) is 11.0. The van der Waals surface area contributed by atoms with Crippen molar-refractivity contribution in [2.24, 2.45) is 5.92 Å². The Kier molecular flexibility index (Phi) is 7.02. The lowest BCUT2D eigenvalue weighted by molar-refractivity contribution is -0.905. The molecule has 8 heteroatoms. The first-order chi connectivity index (χ1) is 15.6. The zero-order valence-corrected chi connectivity index (χ0v) is 19.9. The summed E-state index contributed by atoms with van der Waals surface area (Å²) in [5, 5.41) is 5.72. The third kappa shape index (κ3) is 4.98. The topological polar surface area (TPSA) is 76.9 Å². The van der Waals surface area contributed by atoms with Crippen LogP contribution < -0.4 is 15.5 Å². The van der Waals surface area contributed by atoms with E-state index >= 15 is 0 Å². The maximum Gasteiger partial charge on any atom is 0.280 e. The second kappa shape index (κ2) is 9.95. The highest BCUT2D eigenvalue weighted by Crippen LogP contribution is 2.28. The number of carbonyl (C=O) groups excluding carboxylic acids is 2. The summed E-state index contributed by atoms with van der Waals surface area (Å²) >= 11 is 0. The Balaban J connectivity index is 1.10. The number of carbonyl (C=O) groups is 2. The number of rotatable bonds is 6. The van der Waals surface area contributed by atoms with Crippen molar-refractivity contribution < 1.29 is 19.8 Å². The Morgan fingerprint density at radius 3 is 2.66 bits per heavy atom. The quantitative estimate of drug-likeness (QED) is 0.433. The molecule has 0 spiro atoms. The van der Waals surface area contributed by atoms with Crippen LogP contribution in [-0.4, -0.2) is 110 Å². The number of piperidine rings is 1. The summed E-state index contributed by atoms with van der Waals surface area (Å²) in [7, 11) is 2.19. The van der Waals surface area contributed by atoms with Gasteiger partial charge in [0.15, 0.2) is 6.04 Å². The molecule has 180 valence electrons. The first kappa shape index (κ1) is 22.6. The molecule has 4 N–H and O–H groups in total. The number of fused-ring (bicyclic) bond motifs is 1. The highest BCUT2D eigenvalue weighted by molar-refractivity contribution is 5.82. The number of hydrogen-bond donors (Lipinski definition) is 3. The second-order valence-electron chi connectivity index (χ2n) is 11.0. The molecule has 2 amide bonds. The van der Waals surface area contributed by atoms with Crippen molar-refractivity contribution in [3.8, 4) is 0 Å². The molecule has 0 radical (unpaired) electrons. The fourth-order valence-electron chi connectivity index (χ4n) is 6.71. The molecule has 1 saturated carbocycles. The van der Waals surface area contributed by atoms with Gasteiger partial charge in [0, 0.05) is 63.9 Å². The van der Waals surface area contributed by atoms with E-state index in [4.69, 9.17) is 0 Å². The van der Waals surface area contributed by atoms with E-state index in [1.54, 1.807) is 0 Å². The molecule has 0 aromatic rings. The Labute approximate surface area is 193 Å². The molecule has 8 nitrogen and oxygen atoms in total. The van der Waals surface area contributed by atoms with Crippen molar-refractivity contribution >= 4 is 11.8 Å². The molecule has 5 atom stereocenters. The van der Waals surface area contributed by atoms with Crippen LogP contribution >= 0.6 is 0 Å². The number of piperazine rings is 1. The van der Waals surface area contributed by atoms with Crippen molar-refractivity contribution in [1.82, 2.24) is 20.0 Å². The van der Waals surface area contributed by atoms with Gasteiger partial charge in [-0.15, -0.1) is 0 Å². The monoisotopic (exact) mass is 448 g/mol. The zero-order valence-electron chi connectivity index (χ0n) is 19.9. The van der Waals surface area contributed by atoms with Crippen LogP contribution in [0.15, 0.2) is 0 Å². The molecule has 4 aliphatic heterocycles. The SMILES string of the molecule is CN1C(CCC(=O)N2CCN(C3CCCC[NH2+]3)CC2)CNC(=O)C2C1CC[NH+]2CC1CC1. The molecule has 4 heterocycles. The lowest BCUT2D eigenvalue weighted by atomic mass is 10.0. The number of amides is 2. The van der Waals surface area contributed by atoms with Crippen LogP contribution in [0.25, 0.3) is 0 Å². The van der Waals surface area contributed by atoms with Gasteiger partial charge in [0.25, 0.3) is 5.91 Å². The van der Waals surface area contributed by atoms with E-state index in [0.717, 1.165) is 58.0 Å². The van der Waals surface area contributed by atoms with Gasteiger partial charge >= 0.3 is 0 Å². The maximum absolute atomic E-state index is 13.0. The Morgan fingerprint density at radius 2 is 1.94 bits per heavy atom. The van der Waals surface area contributed by atoms with Crippen molar-refractivity contribution in [3.63, 3.8) is 0 Å². The number of quaternary nitrogens is 2. The van der Waals surface area contributed by atoms with E-state index in [9.17, 15) is 9.59 Å². The predicted molar refractivity (Wildman–Crippen MR) is 122 cm³/mol. The van der Waals surface area contributed by atoms with Crippen LogP contribution in [0.1, 0.15) is 51.4 Å². The lowest BCUT2D eigenvalue weighted by Gasteiger charge is -2.39. The molecular formula is C24H44N6O2+2. The summed E-state index contributed by atoms with van der Waals surface area (Å²) in [4.78, 5) is 34.5. The van der Waals surface area contributed by atoms with Gasteiger partial charge in [-0.05, 0) is 39.2 Å². The van der Waals surface area contributed by atoms with E-state index in [0.29, 0.717) is 31.1 Å². The molecule has 5 aliphatic rings. The fraction of sp³-hybridized carbons (Fsp3) is 0.917. The standard InChI is InChI=1S/C24H42N6O2/c1-27-19(16-26-24(32)23-20(27)9-11-30(23)17-18-5-6-18)7-8-22(31)29-14-12-28(13-15-29)21-4-2-3-10-25-21/h18-21,23,25H,2-17H2,1H3,(H,26,32)/p+2. The van der Waals surface area contributed by atoms with Crippen LogP contribution in [-0.2, 0) is 9.59 Å². The zero-order chi connectivity index (χ0) is 22.1. The Hall–Kier alpha value is -1.22. The summed E-state index contributed by atoms with van der Waals surface area (Å²) in [5.41, 5.74) is 0. The normalized spacial score (nSPS) is 37.1. The molecule has 0 bridgehead atoms. The number of nitrogens with zero attached hydrogens (tertiary/aromatic N) is 3. The van der Waals surface area contributed by atoms with Gasteiger partial charge in [0.05, 0.1) is 25.7 Å². The summed E-state index contributed by atoms with van der Waals surface area (Å²) < 4.78 is 0. The number of likely N-dealkylation sites (tertiary alicyclic amines) is 1. The third-order valence-corrected chi connectivity index (χ3v) is 8.95. The van der Waals surface area contributed by atoms with Crippen molar-refractivity contribution in [2.45, 2.75) is 75.7 Å². The number of nitrogens with one attached hydrogen (secondary N) is 2. The van der Waals surface area contributed by atoms with Crippen molar-refractivity contribution in [3.05, 3.63) is 0 Å². The molecule has 5 unspecified atom stereocenters. The van der Waals surface area contributed by atoms with Crippen LogP contribution in [0, 0.1) is 5.92 Å². The summed E-state index contributed by atoms with van der Waals surface area (Å²) in [6.07, 6.45) is 9.82. The van der Waals surface area contributed by atoms with E-state index in [2.05, 4.69) is 32.4 Å². The molecule has 0 aromatic heterocycles. The van der Waals surface area contributed by atoms with Gasteiger partial charge < -0.3 is 20.4 Å². The summed E-state index contributed by atoms with van der Waals surface area (Å²) in [6, 6.07) is 0.656. The smallest absolute Gasteiger partial charge is 0.280 e. The summed E-state index contributed by atoms with van der Waals surface area (Å²) in [5.74, 6) is 1.37. The highest BCUT2D eigenvalue weighted by Gasteiger charge is 2.49. The fourth-order valence-corrected chi connectivity index (χ4v) is 6.71. The van der Waals surface area contributed by atoms with Gasteiger partial charge in [-0.1, -0.05) is 0 Å². The van der Waals surface area contributed by atoms with Crippen molar-refractivity contribution in [2.75, 3.05) is 59.4 Å². The first-order valence-electron chi connectivity index (χ1n) is 13.3. The van der Waals surface area contributed by atoms with E-state index in [1.807, 2.05) is 0 Å². The van der Waals surface area contributed by atoms with E-state index in [1.165, 1.54) is 43.5 Å². The minimum Gasteiger partial charge on any atom is -0.349 e. The number of hydrogen-bond acceptors (Lipinski definition) is 4. The van der Waals surface area contributed by atoms with Crippen molar-refractivity contribution in [1.29, 1.82) is 0 Å². The lowest BCUT2D eigenvalue weighted by Crippen LogP contribution is -3.16. The number of nitrogens with two attached hydrogens (primary N) is 1. The van der Waals surface area contributed by atoms with Gasteiger partial charge in [0.1, 0.15) is 6.17 Å². The minimum absolute atomic E-state index is 0.0750. The Bertz CT molecular complexity index is 671. The molecular weight excluding hydrogens is 404 g/mol. The third-order valence-electron chi connectivity index (χ3n) is 8.95. The average Bonchev–Trinajstić information content (AvgIpc) is 3.56. The van der Waals surface area contributed by atoms with Gasteiger partial charge in [-0.2, -0.15) is 0 Å². The van der Waals surface area contributed by atoms with Gasteiger partial charge in [-0.3, -0.25) is 19.4 Å². The number of likely N-dealkylation sites (N-methyl/N-ethyl adjacent to an activating group) is 1. The molecule has 0 aromatic carbocycles. The maximum atomic E-state index is 13.0. The first-order valence-corrected chi connectivity index (χ1v) is 13.3. The van der Waals surface area contributed by atoms with E-state index < -0.39 is 0 Å². The molecule has 1 aliphatic carbocycles. The predicted octanol–water partition coefficient (Wildman–Crippen LogP) is -2.15. The minimum atomic E-state index is 0.0750. The van der Waals surface area contributed by atoms with Crippen LogP contribution in [0.5, 0.6) is 0 Å². The van der Waals surface area contributed by atoms with Gasteiger partial charge in [-0.25, -0.2) is 0 Å². The highest BCUT2D eigenvalue weighted by atomic mass is 16.2. The van der Waals surface area contributed by atoms with Crippen LogP contribution in [0.2, 0.25) is 0 Å². The average molecular weight is 449 g/mol. The largest absolute Gasteiger partial charge is 0.349 e. The van der Waals surface area contributed by atoms with Crippen LogP contribution in [0.4, 0.5) is 0 Å². The molecule has 32 heavy (non-hydrogen) atoms. The Morgan fingerprint density at radius 1 is 1.12 bits per heavy atom. The molecule has 5 fully saturated rings. The van der Waals surface area contributed by atoms with E-state index in [-0.39, 0.29) is 18.0 Å². The van der Waals surface area contributed by atoms with Crippen LogP contribution in [0.3, 0.4) is 0 Å². The molecule has 4 saturated heterocycles. The summed E-state index contributed by atoms with van der Waals surface area (Å²) in [6.45, 7) is 7.95. The molecule has 5 rings (SSSR count). The van der Waals surface area contributed by atoms with Gasteiger partial charge in [0.2, 0.25) is 5.91 Å².